The van der Waals surface area contributed by atoms with Gasteiger partial charge in [-0.25, -0.2) is 0 Å². The van der Waals surface area contributed by atoms with Gasteiger partial charge >= 0.3 is 0 Å². The van der Waals surface area contributed by atoms with Crippen LogP contribution in [0.25, 0.3) is 0 Å². The highest BCUT2D eigenvalue weighted by atomic mass is 16.6. The Kier molecular flexibility index (Phi) is 3.87. The van der Waals surface area contributed by atoms with Crippen molar-refractivity contribution in [3.63, 3.8) is 0 Å². The first-order valence-corrected chi connectivity index (χ1v) is 8.29. The highest BCUT2D eigenvalue weighted by molar-refractivity contribution is 5.95. The van der Waals surface area contributed by atoms with Crippen molar-refractivity contribution in [1.82, 2.24) is 10.2 Å². The second-order valence-electron chi connectivity index (χ2n) is 6.72. The van der Waals surface area contributed by atoms with Gasteiger partial charge in [0.2, 0.25) is 0 Å². The van der Waals surface area contributed by atoms with Crippen LogP contribution >= 0.6 is 0 Å². The average Bonchev–Trinajstić information content (AvgIpc) is 2.92. The van der Waals surface area contributed by atoms with Crippen LogP contribution in [0.3, 0.4) is 0 Å². The number of fused-ring (bicyclic) bond motifs is 3. The maximum atomic E-state index is 12.5. The van der Waals surface area contributed by atoms with Gasteiger partial charge in [-0.3, -0.25) is 4.79 Å². The lowest BCUT2D eigenvalue weighted by atomic mass is 9.96. The Labute approximate surface area is 135 Å². The van der Waals surface area contributed by atoms with E-state index in [1.807, 2.05) is 0 Å². The Hall–Kier alpha value is -1.79. The Balaban J connectivity index is 1.44. The van der Waals surface area contributed by atoms with E-state index in [9.17, 15) is 9.90 Å². The molecule has 6 nitrogen and oxygen atoms in total. The zero-order valence-corrected chi connectivity index (χ0v) is 13.0. The van der Waals surface area contributed by atoms with E-state index in [2.05, 4.69) is 10.2 Å². The van der Waals surface area contributed by atoms with E-state index in [0.29, 0.717) is 23.7 Å². The molecule has 0 aliphatic carbocycles. The number of rotatable bonds is 3. The van der Waals surface area contributed by atoms with Gasteiger partial charge in [-0.05, 0) is 43.5 Å². The molecule has 2 bridgehead atoms. The van der Waals surface area contributed by atoms with E-state index in [4.69, 9.17) is 9.47 Å². The van der Waals surface area contributed by atoms with Gasteiger partial charge in [0.05, 0.1) is 6.61 Å². The standard InChI is InChI=1S/C17H22N2O4/c20-9-14-10-22-15-2-1-12(6-16(15)23-14)17(21)18-13-5-11-3-4-19(7-11)8-13/h1-2,6,11,13-14,20H,3-5,7-10H2,(H,18,21)/t11-,13-,14+/m0/s1. The van der Waals surface area contributed by atoms with Crippen molar-refractivity contribution in [2.45, 2.75) is 25.0 Å². The SMILES string of the molecule is O=C(N[C@H]1C[C@@H]2CCN(C2)C1)c1ccc2c(c1)O[C@H](CO)CO2. The summed E-state index contributed by atoms with van der Waals surface area (Å²) < 4.78 is 11.2. The van der Waals surface area contributed by atoms with Crippen molar-refractivity contribution in [1.29, 1.82) is 0 Å². The topological polar surface area (TPSA) is 71.0 Å². The van der Waals surface area contributed by atoms with Gasteiger partial charge in [0.25, 0.3) is 5.91 Å². The number of ether oxygens (including phenoxy) is 2. The third-order valence-electron chi connectivity index (χ3n) is 4.93. The molecule has 4 atom stereocenters. The number of amides is 1. The fourth-order valence-corrected chi connectivity index (χ4v) is 3.78. The molecule has 0 spiro atoms. The first-order chi connectivity index (χ1) is 11.2. The van der Waals surface area contributed by atoms with Gasteiger partial charge in [0, 0.05) is 24.7 Å². The van der Waals surface area contributed by atoms with E-state index in [0.717, 1.165) is 25.4 Å². The van der Waals surface area contributed by atoms with Crippen molar-refractivity contribution < 1.29 is 19.4 Å². The fraction of sp³-hybridized carbons (Fsp3) is 0.588. The third-order valence-corrected chi connectivity index (χ3v) is 4.93. The predicted molar refractivity (Wildman–Crippen MR) is 83.9 cm³/mol. The molecule has 3 aliphatic heterocycles. The molecule has 1 amide bonds. The number of aliphatic hydroxyl groups excluding tert-OH is 1. The Morgan fingerprint density at radius 1 is 1.35 bits per heavy atom. The van der Waals surface area contributed by atoms with E-state index in [-0.39, 0.29) is 24.7 Å². The molecule has 4 rings (SSSR count). The summed E-state index contributed by atoms with van der Waals surface area (Å²) in [4.78, 5) is 14.9. The van der Waals surface area contributed by atoms with Crippen LogP contribution in [0.4, 0.5) is 0 Å². The molecule has 124 valence electrons. The van der Waals surface area contributed by atoms with Gasteiger partial charge < -0.3 is 24.8 Å². The third kappa shape index (κ3) is 3.01. The summed E-state index contributed by atoms with van der Waals surface area (Å²) in [6, 6.07) is 5.44. The molecule has 1 aromatic carbocycles. The number of hydrogen-bond acceptors (Lipinski definition) is 5. The highest BCUT2D eigenvalue weighted by Gasteiger charge is 2.33. The predicted octanol–water partition coefficient (Wildman–Crippen LogP) is 0.643. The minimum absolute atomic E-state index is 0.0741. The van der Waals surface area contributed by atoms with Gasteiger partial charge in [-0.2, -0.15) is 0 Å². The van der Waals surface area contributed by atoms with Crippen LogP contribution in [0, 0.1) is 5.92 Å². The second kappa shape index (κ2) is 6.02. The second-order valence-corrected chi connectivity index (χ2v) is 6.72. The number of hydrogen-bond donors (Lipinski definition) is 2. The summed E-state index contributed by atoms with van der Waals surface area (Å²) in [6.45, 7) is 3.51. The van der Waals surface area contributed by atoms with Crippen LogP contribution < -0.4 is 14.8 Å². The molecule has 23 heavy (non-hydrogen) atoms. The molecule has 3 heterocycles. The van der Waals surface area contributed by atoms with Crippen molar-refractivity contribution in [3.8, 4) is 11.5 Å². The Morgan fingerprint density at radius 2 is 2.26 bits per heavy atom. The molecular formula is C17H22N2O4. The van der Waals surface area contributed by atoms with Gasteiger partial charge in [-0.15, -0.1) is 0 Å². The smallest absolute Gasteiger partial charge is 0.251 e. The lowest BCUT2D eigenvalue weighted by Gasteiger charge is -2.30. The largest absolute Gasteiger partial charge is 0.486 e. The summed E-state index contributed by atoms with van der Waals surface area (Å²) in [6.07, 6.45) is 1.95. The monoisotopic (exact) mass is 318 g/mol. The van der Waals surface area contributed by atoms with Crippen molar-refractivity contribution in [2.75, 3.05) is 32.8 Å². The number of nitrogens with zero attached hydrogens (tertiary/aromatic N) is 1. The summed E-state index contributed by atoms with van der Waals surface area (Å²) in [5, 5.41) is 12.3. The first-order valence-electron chi connectivity index (χ1n) is 8.29. The van der Waals surface area contributed by atoms with Gasteiger partial charge in [0.1, 0.15) is 6.61 Å². The number of nitrogens with one attached hydrogen (secondary N) is 1. The van der Waals surface area contributed by atoms with E-state index in [1.54, 1.807) is 18.2 Å². The number of carbonyl (C=O) groups is 1. The summed E-state index contributed by atoms with van der Waals surface area (Å²) >= 11 is 0. The fourth-order valence-electron chi connectivity index (χ4n) is 3.78. The summed E-state index contributed by atoms with van der Waals surface area (Å²) in [7, 11) is 0. The van der Waals surface area contributed by atoms with Crippen LogP contribution in [-0.2, 0) is 0 Å². The Bertz CT molecular complexity index is 594. The quantitative estimate of drug-likeness (QED) is 0.856. The van der Waals surface area contributed by atoms with Crippen LogP contribution in [0.5, 0.6) is 11.5 Å². The maximum absolute atomic E-state index is 12.5. The lowest BCUT2D eigenvalue weighted by Crippen LogP contribution is -2.47. The molecule has 2 fully saturated rings. The molecule has 0 radical (unpaired) electrons. The lowest BCUT2D eigenvalue weighted by molar-refractivity contribution is 0.0455. The molecular weight excluding hydrogens is 296 g/mol. The molecule has 0 saturated carbocycles. The summed E-state index contributed by atoms with van der Waals surface area (Å²) in [5.74, 6) is 1.79. The molecule has 6 heteroatoms. The first kappa shape index (κ1) is 14.8. The highest BCUT2D eigenvalue weighted by Crippen LogP contribution is 2.33. The molecule has 2 N–H and O–H groups in total. The van der Waals surface area contributed by atoms with Crippen molar-refractivity contribution >= 4 is 5.91 Å². The van der Waals surface area contributed by atoms with E-state index >= 15 is 0 Å². The van der Waals surface area contributed by atoms with Crippen molar-refractivity contribution in [2.24, 2.45) is 5.92 Å². The number of benzene rings is 1. The maximum Gasteiger partial charge on any atom is 0.251 e. The van der Waals surface area contributed by atoms with Gasteiger partial charge in [0.15, 0.2) is 17.6 Å². The van der Waals surface area contributed by atoms with Crippen molar-refractivity contribution in [3.05, 3.63) is 23.8 Å². The number of aliphatic hydroxyl groups is 1. The summed E-state index contributed by atoms with van der Waals surface area (Å²) in [5.41, 5.74) is 0.568. The minimum Gasteiger partial charge on any atom is -0.486 e. The molecule has 3 aliphatic rings. The minimum atomic E-state index is -0.373. The van der Waals surface area contributed by atoms with Crippen LogP contribution in [0.15, 0.2) is 18.2 Å². The Morgan fingerprint density at radius 3 is 3.09 bits per heavy atom. The van der Waals surface area contributed by atoms with Crippen LogP contribution in [-0.4, -0.2) is 60.9 Å². The normalized spacial score (nSPS) is 31.7. The molecule has 0 aromatic heterocycles. The van der Waals surface area contributed by atoms with E-state index in [1.165, 1.54) is 13.0 Å². The molecule has 2 saturated heterocycles. The average molecular weight is 318 g/mol. The zero-order chi connectivity index (χ0) is 15.8. The molecule has 1 aromatic rings. The van der Waals surface area contributed by atoms with Gasteiger partial charge in [-0.1, -0.05) is 0 Å². The number of piperidine rings is 1. The van der Waals surface area contributed by atoms with E-state index < -0.39 is 0 Å². The van der Waals surface area contributed by atoms with Crippen LogP contribution in [0.1, 0.15) is 23.2 Å². The molecule has 1 unspecified atom stereocenters. The number of carbonyl (C=O) groups excluding carboxylic acids is 1. The zero-order valence-electron chi connectivity index (χ0n) is 13.0. The van der Waals surface area contributed by atoms with Crippen LogP contribution in [0.2, 0.25) is 0 Å².